The molecule has 2 aromatic carbocycles. The van der Waals surface area contributed by atoms with Crippen LogP contribution in [0.5, 0.6) is 5.75 Å². The van der Waals surface area contributed by atoms with Crippen LogP contribution in [0.2, 0.25) is 0 Å². The first kappa shape index (κ1) is 38.8. The Balaban J connectivity index is 1.29. The highest BCUT2D eigenvalue weighted by atomic mass is 32.2. The first-order valence-corrected chi connectivity index (χ1v) is 20.3. The zero-order valence-electron chi connectivity index (χ0n) is 31.5. The molecule has 16 heteroatoms. The van der Waals surface area contributed by atoms with Crippen molar-refractivity contribution in [3.63, 3.8) is 0 Å². The summed E-state index contributed by atoms with van der Waals surface area (Å²) in [6.45, 7) is 8.98. The van der Waals surface area contributed by atoms with E-state index in [-0.39, 0.29) is 43.9 Å². The van der Waals surface area contributed by atoms with Gasteiger partial charge in [0.05, 0.1) is 29.7 Å². The van der Waals surface area contributed by atoms with Crippen molar-refractivity contribution in [2.75, 3.05) is 19.8 Å². The standard InChI is InChI=1S/C40H46N6O9S/c1-5-27-21-40(27,37(50)44-56(52,53)29-15-16-29)43-34(47)30-20-28-23-45(30)36(49)33(39(2,3)4)42-38(51)55-18-10-6-9-17-54-31-22-41-46(28)35(48)32(31)26-14-13-24-11-7-8-12-25(24)19-26/h5-8,10-14,19,22,27-30,33H,1,9,15-18,20-21,23H2,2-4H3,(H,42,51)(H,43,47)(H,44,50)/b10-6+/t27?,28-,30+,33-,40?/m1/s1. The molecule has 56 heavy (non-hydrogen) atoms. The van der Waals surface area contributed by atoms with E-state index in [1.807, 2.05) is 42.5 Å². The van der Waals surface area contributed by atoms with Gasteiger partial charge in [0.25, 0.3) is 11.5 Å². The molecule has 296 valence electrons. The Labute approximate surface area is 324 Å². The van der Waals surface area contributed by atoms with Gasteiger partial charge in [-0.2, -0.15) is 5.10 Å². The summed E-state index contributed by atoms with van der Waals surface area (Å²) in [5.41, 5.74) is -2.14. The SMILES string of the molecule is C=CC1CC1(NC(=O)[C@@H]1C[C@@H]2CN1C(=O)[C@H](C(C)(C)C)NC(=O)OC/C=C/CCOc1cnn2c(=O)c1-c1ccc2ccccc2c1)C(=O)NS(=O)(=O)C1CC1. The lowest BCUT2D eigenvalue weighted by atomic mass is 9.85. The molecular weight excluding hydrogens is 741 g/mol. The van der Waals surface area contributed by atoms with Crippen LogP contribution < -0.4 is 25.7 Å². The summed E-state index contributed by atoms with van der Waals surface area (Å²) in [4.78, 5) is 71.5. The first-order chi connectivity index (χ1) is 26.6. The minimum absolute atomic E-state index is 0.0846. The van der Waals surface area contributed by atoms with E-state index in [4.69, 9.17) is 9.47 Å². The normalized spacial score (nSPS) is 26.2. The number of ether oxygens (including phenoxy) is 2. The van der Waals surface area contributed by atoms with Gasteiger partial charge in [-0.15, -0.1) is 6.58 Å². The third kappa shape index (κ3) is 7.66. The lowest BCUT2D eigenvalue weighted by molar-refractivity contribution is -0.142. The number of nitrogens with zero attached hydrogens (tertiary/aromatic N) is 3. The lowest BCUT2D eigenvalue weighted by Gasteiger charge is -2.35. The quantitative estimate of drug-likeness (QED) is 0.299. The fourth-order valence-corrected chi connectivity index (χ4v) is 8.82. The van der Waals surface area contributed by atoms with Gasteiger partial charge in [0.15, 0.2) is 5.75 Å². The number of amides is 4. The third-order valence-corrected chi connectivity index (χ3v) is 12.7. The number of fused-ring (bicyclic) bond motifs is 12. The summed E-state index contributed by atoms with van der Waals surface area (Å²) in [5.74, 6) is -2.57. The van der Waals surface area contributed by atoms with Crippen LogP contribution in [0.3, 0.4) is 0 Å². The number of benzene rings is 2. The van der Waals surface area contributed by atoms with Crippen LogP contribution in [0.1, 0.15) is 58.9 Å². The molecule has 2 aliphatic carbocycles. The highest BCUT2D eigenvalue weighted by Crippen LogP contribution is 2.46. The molecule has 3 fully saturated rings. The predicted octanol–water partition coefficient (Wildman–Crippen LogP) is 3.35. The molecule has 5 atom stereocenters. The number of sulfonamides is 1. The molecule has 15 nitrogen and oxygen atoms in total. The number of hydrogen-bond donors (Lipinski definition) is 3. The molecule has 3 aliphatic heterocycles. The Morgan fingerprint density at radius 1 is 1.05 bits per heavy atom. The molecule has 3 aromatic rings. The summed E-state index contributed by atoms with van der Waals surface area (Å²) in [6.07, 6.45) is 6.81. The Bertz CT molecular complexity index is 2300. The highest BCUT2D eigenvalue weighted by Gasteiger charge is 2.62. The minimum Gasteiger partial charge on any atom is -0.491 e. The molecule has 4 amide bonds. The van der Waals surface area contributed by atoms with E-state index in [0.717, 1.165) is 10.8 Å². The molecule has 0 radical (unpaired) electrons. The second kappa shape index (κ2) is 14.9. The number of aromatic nitrogens is 2. The van der Waals surface area contributed by atoms with Crippen molar-refractivity contribution >= 4 is 44.6 Å². The van der Waals surface area contributed by atoms with Gasteiger partial charge >= 0.3 is 6.09 Å². The molecule has 5 aliphatic rings. The summed E-state index contributed by atoms with van der Waals surface area (Å²) in [7, 11) is -3.94. The number of carbonyl (C=O) groups excluding carboxylic acids is 4. The maximum Gasteiger partial charge on any atom is 0.408 e. The number of rotatable bonds is 7. The molecule has 1 saturated heterocycles. The Morgan fingerprint density at radius 3 is 2.50 bits per heavy atom. The largest absolute Gasteiger partial charge is 0.491 e. The van der Waals surface area contributed by atoms with Gasteiger partial charge in [-0.05, 0) is 53.5 Å². The van der Waals surface area contributed by atoms with Crippen LogP contribution in [0.4, 0.5) is 4.79 Å². The lowest BCUT2D eigenvalue weighted by Crippen LogP contribution is -2.60. The molecule has 8 rings (SSSR count). The molecule has 3 N–H and O–H groups in total. The summed E-state index contributed by atoms with van der Waals surface area (Å²) in [6, 6.07) is 10.1. The van der Waals surface area contributed by atoms with E-state index in [1.54, 1.807) is 32.9 Å². The van der Waals surface area contributed by atoms with Gasteiger partial charge in [-0.3, -0.25) is 23.9 Å². The first-order valence-electron chi connectivity index (χ1n) is 18.8. The second-order valence-electron chi connectivity index (χ2n) is 15.9. The maximum atomic E-state index is 14.6. The molecular formula is C40H46N6O9S. The minimum atomic E-state index is -3.94. The average molecular weight is 787 g/mol. The van der Waals surface area contributed by atoms with Crippen LogP contribution in [0.25, 0.3) is 21.9 Å². The van der Waals surface area contributed by atoms with Crippen molar-refractivity contribution in [2.45, 2.75) is 81.8 Å². The molecule has 2 saturated carbocycles. The zero-order valence-corrected chi connectivity index (χ0v) is 32.3. The van der Waals surface area contributed by atoms with E-state index in [2.05, 4.69) is 27.0 Å². The number of carbonyl (C=O) groups is 4. The fraction of sp³-hybridized carbons (Fsp3) is 0.450. The fourth-order valence-electron chi connectivity index (χ4n) is 7.45. The van der Waals surface area contributed by atoms with Crippen LogP contribution in [-0.2, 0) is 29.1 Å². The zero-order chi connectivity index (χ0) is 40.0. The molecule has 2 unspecified atom stereocenters. The van der Waals surface area contributed by atoms with Crippen molar-refractivity contribution < 1.29 is 37.1 Å². The van der Waals surface area contributed by atoms with E-state index in [1.165, 1.54) is 21.9 Å². The van der Waals surface area contributed by atoms with E-state index >= 15 is 0 Å². The van der Waals surface area contributed by atoms with Crippen molar-refractivity contribution in [3.05, 3.63) is 83.8 Å². The average Bonchev–Trinajstić information content (AvgIpc) is 4.08. The van der Waals surface area contributed by atoms with Crippen LogP contribution in [-0.4, -0.2) is 89.5 Å². The van der Waals surface area contributed by atoms with Crippen LogP contribution in [0, 0.1) is 11.3 Å². The van der Waals surface area contributed by atoms with Crippen molar-refractivity contribution in [1.29, 1.82) is 0 Å². The smallest absolute Gasteiger partial charge is 0.408 e. The van der Waals surface area contributed by atoms with Gasteiger partial charge in [0.2, 0.25) is 21.8 Å². The molecule has 1 aromatic heterocycles. The van der Waals surface area contributed by atoms with Crippen LogP contribution in [0.15, 0.2) is 78.3 Å². The molecule has 0 spiro atoms. The van der Waals surface area contributed by atoms with E-state index < -0.39 is 79.6 Å². The van der Waals surface area contributed by atoms with Gasteiger partial charge < -0.3 is 25.0 Å². The number of alkyl carbamates (subject to hydrolysis) is 1. The highest BCUT2D eigenvalue weighted by molar-refractivity contribution is 7.91. The Kier molecular flexibility index (Phi) is 10.3. The van der Waals surface area contributed by atoms with Crippen molar-refractivity contribution in [2.24, 2.45) is 11.3 Å². The number of hydrogen-bond acceptors (Lipinski definition) is 10. The third-order valence-electron chi connectivity index (χ3n) is 10.9. The van der Waals surface area contributed by atoms with E-state index in [9.17, 15) is 32.4 Å². The van der Waals surface area contributed by atoms with Gasteiger partial charge in [-0.1, -0.05) is 75.4 Å². The topological polar surface area (TPSA) is 195 Å². The number of nitrogens with one attached hydrogen (secondary N) is 3. The van der Waals surface area contributed by atoms with Gasteiger partial charge in [-0.25, -0.2) is 17.9 Å². The predicted molar refractivity (Wildman–Crippen MR) is 207 cm³/mol. The molecule has 4 heterocycles. The van der Waals surface area contributed by atoms with E-state index in [0.29, 0.717) is 24.8 Å². The summed E-state index contributed by atoms with van der Waals surface area (Å²) < 4.78 is 40.4. The summed E-state index contributed by atoms with van der Waals surface area (Å²) in [5, 5.41) is 11.2. The van der Waals surface area contributed by atoms with Gasteiger partial charge in [0.1, 0.15) is 24.2 Å². The molecule has 4 bridgehead atoms. The van der Waals surface area contributed by atoms with Gasteiger partial charge in [0, 0.05) is 18.9 Å². The monoisotopic (exact) mass is 786 g/mol. The van der Waals surface area contributed by atoms with Crippen LogP contribution >= 0.6 is 0 Å². The van der Waals surface area contributed by atoms with Crippen molar-refractivity contribution in [3.8, 4) is 16.9 Å². The second-order valence-corrected chi connectivity index (χ2v) is 17.9. The maximum absolute atomic E-state index is 14.6. The Morgan fingerprint density at radius 2 is 1.80 bits per heavy atom. The summed E-state index contributed by atoms with van der Waals surface area (Å²) >= 11 is 0. The Hall–Kier alpha value is -5.51. The van der Waals surface area contributed by atoms with Crippen molar-refractivity contribution in [1.82, 2.24) is 30.0 Å².